The minimum absolute atomic E-state index is 0.241. The van der Waals surface area contributed by atoms with E-state index in [0.29, 0.717) is 25.5 Å². The van der Waals surface area contributed by atoms with Gasteiger partial charge in [-0.15, -0.1) is 0 Å². The van der Waals surface area contributed by atoms with E-state index in [1.165, 1.54) is 0 Å². The summed E-state index contributed by atoms with van der Waals surface area (Å²) in [5, 5.41) is 0.891. The highest BCUT2D eigenvalue weighted by atomic mass is 79.9. The maximum Gasteiger partial charge on any atom is 0.223 e. The van der Waals surface area contributed by atoms with Gasteiger partial charge in [0.15, 0.2) is 0 Å². The van der Waals surface area contributed by atoms with Crippen LogP contribution in [0, 0.1) is 5.92 Å². The molecule has 0 aromatic heterocycles. The molecular weight excluding hydrogens is 294 g/mol. The van der Waals surface area contributed by atoms with E-state index in [9.17, 15) is 4.79 Å². The Hall–Kier alpha value is -1.03. The van der Waals surface area contributed by atoms with Gasteiger partial charge < -0.3 is 9.64 Å². The van der Waals surface area contributed by atoms with Gasteiger partial charge in [0.25, 0.3) is 0 Å². The van der Waals surface area contributed by atoms with Gasteiger partial charge >= 0.3 is 0 Å². The van der Waals surface area contributed by atoms with Gasteiger partial charge in [0.2, 0.25) is 5.91 Å². The van der Waals surface area contributed by atoms with Crippen LogP contribution < -0.4 is 4.74 Å². The summed E-state index contributed by atoms with van der Waals surface area (Å²) in [4.78, 5) is 13.8. The fourth-order valence-electron chi connectivity index (χ4n) is 2.25. The number of likely N-dealkylation sites (tertiary alicyclic amines) is 1. The lowest BCUT2D eigenvalue weighted by molar-refractivity contribution is -0.128. The normalized spacial score (nSPS) is 19.3. The molecule has 0 aliphatic carbocycles. The third-order valence-electron chi connectivity index (χ3n) is 3.15. The van der Waals surface area contributed by atoms with Crippen LogP contribution in [0.25, 0.3) is 0 Å². The van der Waals surface area contributed by atoms with E-state index >= 15 is 0 Å². The summed E-state index contributed by atoms with van der Waals surface area (Å²) in [5.74, 6) is 1.57. The summed E-state index contributed by atoms with van der Waals surface area (Å²) >= 11 is 3.45. The Morgan fingerprint density at radius 1 is 1.44 bits per heavy atom. The molecule has 98 valence electrons. The standard InChI is InChI=1S/C14H18BrNO2/c1-2-18-13-6-4-3-5-12(13)10-16-9-11(8-15)7-14(16)17/h3-6,11H,2,7-10H2,1H3. The summed E-state index contributed by atoms with van der Waals surface area (Å²) in [6, 6.07) is 7.93. The Kier molecular flexibility index (Phi) is 4.64. The van der Waals surface area contributed by atoms with Gasteiger partial charge in [-0.3, -0.25) is 4.79 Å². The van der Waals surface area contributed by atoms with Crippen LogP contribution in [0.2, 0.25) is 0 Å². The first kappa shape index (κ1) is 13.4. The first-order valence-corrected chi connectivity index (χ1v) is 7.41. The van der Waals surface area contributed by atoms with Gasteiger partial charge in [-0.25, -0.2) is 0 Å². The van der Waals surface area contributed by atoms with Crippen LogP contribution in [0.5, 0.6) is 5.75 Å². The number of hydrogen-bond donors (Lipinski definition) is 0. The average molecular weight is 312 g/mol. The molecule has 3 nitrogen and oxygen atoms in total. The minimum Gasteiger partial charge on any atom is -0.494 e. The molecule has 4 heteroatoms. The molecule has 0 spiro atoms. The largest absolute Gasteiger partial charge is 0.494 e. The smallest absolute Gasteiger partial charge is 0.223 e. The van der Waals surface area contributed by atoms with Crippen molar-refractivity contribution in [2.45, 2.75) is 19.9 Å². The molecule has 1 aliphatic heterocycles. The Bertz CT molecular complexity index is 422. The van der Waals surface area contributed by atoms with Crippen LogP contribution in [0.1, 0.15) is 18.9 Å². The summed E-state index contributed by atoms with van der Waals surface area (Å²) in [7, 11) is 0. The van der Waals surface area contributed by atoms with Crippen LogP contribution in [0.4, 0.5) is 0 Å². The molecule has 1 atom stereocenters. The van der Waals surface area contributed by atoms with Gasteiger partial charge in [-0.05, 0) is 18.9 Å². The molecule has 2 rings (SSSR count). The van der Waals surface area contributed by atoms with Crippen molar-refractivity contribution in [1.29, 1.82) is 0 Å². The summed E-state index contributed by atoms with van der Waals surface area (Å²) in [6.07, 6.45) is 0.655. The molecule has 0 radical (unpaired) electrons. The number of carbonyl (C=O) groups is 1. The molecule has 18 heavy (non-hydrogen) atoms. The minimum atomic E-state index is 0.241. The highest BCUT2D eigenvalue weighted by Gasteiger charge is 2.29. The predicted molar refractivity (Wildman–Crippen MR) is 74.9 cm³/mol. The third kappa shape index (κ3) is 3.05. The van der Waals surface area contributed by atoms with Crippen molar-refractivity contribution < 1.29 is 9.53 Å². The first-order chi connectivity index (χ1) is 8.74. The van der Waals surface area contributed by atoms with Crippen molar-refractivity contribution in [2.75, 3.05) is 18.5 Å². The van der Waals surface area contributed by atoms with Gasteiger partial charge in [0.1, 0.15) is 5.75 Å². The molecule has 0 bridgehead atoms. The summed E-state index contributed by atoms with van der Waals surface area (Å²) < 4.78 is 5.59. The zero-order valence-electron chi connectivity index (χ0n) is 10.6. The van der Waals surface area contributed by atoms with Gasteiger partial charge in [0, 0.05) is 30.4 Å². The Morgan fingerprint density at radius 3 is 2.89 bits per heavy atom. The quantitative estimate of drug-likeness (QED) is 0.783. The molecule has 1 fully saturated rings. The Balaban J connectivity index is 2.07. The van der Waals surface area contributed by atoms with E-state index in [4.69, 9.17) is 4.74 Å². The second-order valence-corrected chi connectivity index (χ2v) is 5.19. The maximum atomic E-state index is 11.9. The van der Waals surface area contributed by atoms with Crippen molar-refractivity contribution in [3.05, 3.63) is 29.8 Å². The highest BCUT2D eigenvalue weighted by Crippen LogP contribution is 2.25. The van der Waals surface area contributed by atoms with Gasteiger partial charge in [0.05, 0.1) is 6.61 Å². The number of nitrogens with zero attached hydrogens (tertiary/aromatic N) is 1. The van der Waals surface area contributed by atoms with Crippen molar-refractivity contribution in [1.82, 2.24) is 4.90 Å². The first-order valence-electron chi connectivity index (χ1n) is 6.29. The van der Waals surface area contributed by atoms with Gasteiger partial charge in [-0.1, -0.05) is 34.1 Å². The van der Waals surface area contributed by atoms with Crippen LogP contribution in [0.3, 0.4) is 0 Å². The van der Waals surface area contributed by atoms with Crippen molar-refractivity contribution in [3.8, 4) is 5.75 Å². The summed E-state index contributed by atoms with van der Waals surface area (Å²) in [5.41, 5.74) is 1.09. The van der Waals surface area contributed by atoms with Crippen LogP contribution in [-0.2, 0) is 11.3 Å². The number of benzene rings is 1. The number of para-hydroxylation sites is 1. The maximum absolute atomic E-state index is 11.9. The second-order valence-electron chi connectivity index (χ2n) is 4.54. The number of amides is 1. The molecule has 1 heterocycles. The number of ether oxygens (including phenoxy) is 1. The number of alkyl halides is 1. The molecule has 1 unspecified atom stereocenters. The zero-order chi connectivity index (χ0) is 13.0. The fraction of sp³-hybridized carbons (Fsp3) is 0.500. The molecule has 0 saturated carbocycles. The topological polar surface area (TPSA) is 29.5 Å². The van der Waals surface area contributed by atoms with Gasteiger partial charge in [-0.2, -0.15) is 0 Å². The highest BCUT2D eigenvalue weighted by molar-refractivity contribution is 9.09. The van der Waals surface area contributed by atoms with E-state index in [1.807, 2.05) is 36.1 Å². The van der Waals surface area contributed by atoms with Crippen LogP contribution >= 0.6 is 15.9 Å². The molecule has 1 aromatic rings. The second kappa shape index (κ2) is 6.23. The van der Waals surface area contributed by atoms with Crippen molar-refractivity contribution in [2.24, 2.45) is 5.92 Å². The average Bonchev–Trinajstić information content (AvgIpc) is 2.73. The molecular formula is C14H18BrNO2. The lowest BCUT2D eigenvalue weighted by atomic mass is 10.1. The number of carbonyl (C=O) groups excluding carboxylic acids is 1. The molecule has 1 aliphatic rings. The van der Waals surface area contributed by atoms with Crippen LogP contribution in [0.15, 0.2) is 24.3 Å². The van der Waals surface area contributed by atoms with E-state index in [2.05, 4.69) is 15.9 Å². The van der Waals surface area contributed by atoms with Crippen LogP contribution in [-0.4, -0.2) is 29.3 Å². The SMILES string of the molecule is CCOc1ccccc1CN1CC(CBr)CC1=O. The molecule has 1 amide bonds. The van der Waals surface area contributed by atoms with E-state index in [0.717, 1.165) is 23.2 Å². The fourth-order valence-corrected chi connectivity index (χ4v) is 2.68. The number of rotatable bonds is 5. The lowest BCUT2D eigenvalue weighted by Gasteiger charge is -2.18. The predicted octanol–water partition coefficient (Wildman–Crippen LogP) is 2.83. The lowest BCUT2D eigenvalue weighted by Crippen LogP contribution is -2.25. The van der Waals surface area contributed by atoms with Crippen molar-refractivity contribution >= 4 is 21.8 Å². The van der Waals surface area contributed by atoms with Crippen molar-refractivity contribution in [3.63, 3.8) is 0 Å². The Morgan fingerprint density at radius 2 is 2.22 bits per heavy atom. The third-order valence-corrected chi connectivity index (χ3v) is 4.06. The Labute approximate surface area is 116 Å². The summed E-state index contributed by atoms with van der Waals surface area (Å²) in [6.45, 7) is 4.11. The monoisotopic (exact) mass is 311 g/mol. The van der Waals surface area contributed by atoms with E-state index in [-0.39, 0.29) is 5.91 Å². The molecule has 1 aromatic carbocycles. The van der Waals surface area contributed by atoms with E-state index < -0.39 is 0 Å². The number of hydrogen-bond acceptors (Lipinski definition) is 2. The zero-order valence-corrected chi connectivity index (χ0v) is 12.1. The molecule has 1 saturated heterocycles. The molecule has 0 N–H and O–H groups in total. The number of halogens is 1. The van der Waals surface area contributed by atoms with E-state index in [1.54, 1.807) is 0 Å².